The van der Waals surface area contributed by atoms with Gasteiger partial charge in [-0.2, -0.15) is 8.78 Å². The molecule has 1 amide bonds. The van der Waals surface area contributed by atoms with Crippen LogP contribution < -0.4 is 10.6 Å². The molecule has 18 heavy (non-hydrogen) atoms. The molecule has 3 nitrogen and oxygen atoms in total. The quantitative estimate of drug-likeness (QED) is 0.782. The second-order valence-corrected chi connectivity index (χ2v) is 4.81. The Bertz CT molecular complexity index is 401. The van der Waals surface area contributed by atoms with Crippen LogP contribution in [-0.4, -0.2) is 31.3 Å². The number of benzene rings is 1. The standard InChI is InChI=1S/C12H16F2N2OS/c1-8(15-2)7-16-11(17)9-5-3-4-6-10(9)18-12(13)14/h3-6,8,12,15H,7H2,1-2H3,(H,16,17). The van der Waals surface area contributed by atoms with Gasteiger partial charge in [-0.15, -0.1) is 0 Å². The van der Waals surface area contributed by atoms with Crippen LogP contribution in [0.15, 0.2) is 29.2 Å². The number of thioether (sulfide) groups is 1. The Hall–Kier alpha value is -1.14. The predicted molar refractivity (Wildman–Crippen MR) is 69.2 cm³/mol. The van der Waals surface area contributed by atoms with Crippen molar-refractivity contribution in [3.63, 3.8) is 0 Å². The van der Waals surface area contributed by atoms with E-state index in [1.165, 1.54) is 6.07 Å². The van der Waals surface area contributed by atoms with Crippen molar-refractivity contribution in [1.29, 1.82) is 0 Å². The Morgan fingerprint density at radius 1 is 1.39 bits per heavy atom. The average molecular weight is 274 g/mol. The van der Waals surface area contributed by atoms with Crippen LogP contribution in [0.25, 0.3) is 0 Å². The highest BCUT2D eigenvalue weighted by molar-refractivity contribution is 7.99. The van der Waals surface area contributed by atoms with Crippen molar-refractivity contribution in [3.8, 4) is 0 Å². The van der Waals surface area contributed by atoms with Crippen molar-refractivity contribution in [2.45, 2.75) is 23.6 Å². The molecule has 2 N–H and O–H groups in total. The number of alkyl halides is 2. The number of carbonyl (C=O) groups excluding carboxylic acids is 1. The molecule has 1 aromatic carbocycles. The summed E-state index contributed by atoms with van der Waals surface area (Å²) in [5.74, 6) is -2.86. The number of hydrogen-bond donors (Lipinski definition) is 2. The molecule has 100 valence electrons. The summed E-state index contributed by atoms with van der Waals surface area (Å²) >= 11 is 0.384. The Labute approximate surface area is 109 Å². The van der Waals surface area contributed by atoms with Crippen LogP contribution >= 0.6 is 11.8 Å². The number of nitrogens with one attached hydrogen (secondary N) is 2. The van der Waals surface area contributed by atoms with E-state index in [0.717, 1.165) is 0 Å². The first kappa shape index (κ1) is 14.9. The Morgan fingerprint density at radius 3 is 2.67 bits per heavy atom. The molecule has 1 rings (SSSR count). The predicted octanol–water partition coefficient (Wildman–Crippen LogP) is 2.34. The molecule has 0 bridgehead atoms. The molecule has 0 aliphatic heterocycles. The molecular formula is C12H16F2N2OS. The molecule has 0 aromatic heterocycles. The van der Waals surface area contributed by atoms with Crippen molar-refractivity contribution in [1.82, 2.24) is 10.6 Å². The third kappa shape index (κ3) is 4.62. The first-order valence-electron chi connectivity index (χ1n) is 5.54. The third-order valence-electron chi connectivity index (χ3n) is 2.41. The van der Waals surface area contributed by atoms with Crippen molar-refractivity contribution >= 4 is 17.7 Å². The van der Waals surface area contributed by atoms with Gasteiger partial charge in [0.25, 0.3) is 11.7 Å². The van der Waals surface area contributed by atoms with Gasteiger partial charge in [0, 0.05) is 17.5 Å². The molecule has 0 saturated carbocycles. The minimum atomic E-state index is -2.53. The lowest BCUT2D eigenvalue weighted by Crippen LogP contribution is -2.37. The van der Waals surface area contributed by atoms with E-state index in [2.05, 4.69) is 10.6 Å². The topological polar surface area (TPSA) is 41.1 Å². The van der Waals surface area contributed by atoms with Gasteiger partial charge in [-0.3, -0.25) is 4.79 Å². The first-order valence-corrected chi connectivity index (χ1v) is 6.42. The fourth-order valence-electron chi connectivity index (χ4n) is 1.30. The van der Waals surface area contributed by atoms with Crippen molar-refractivity contribution in [2.24, 2.45) is 0 Å². The Morgan fingerprint density at radius 2 is 2.06 bits per heavy atom. The lowest BCUT2D eigenvalue weighted by atomic mass is 10.2. The minimum absolute atomic E-state index is 0.129. The van der Waals surface area contributed by atoms with E-state index in [4.69, 9.17) is 0 Å². The number of amides is 1. The second kappa shape index (κ2) is 7.33. The highest BCUT2D eigenvalue weighted by Gasteiger charge is 2.15. The van der Waals surface area contributed by atoms with Crippen molar-refractivity contribution in [2.75, 3.05) is 13.6 Å². The van der Waals surface area contributed by atoms with Crippen LogP contribution in [0.1, 0.15) is 17.3 Å². The number of halogens is 2. The average Bonchev–Trinajstić information content (AvgIpc) is 2.35. The zero-order valence-corrected chi connectivity index (χ0v) is 11.1. The highest BCUT2D eigenvalue weighted by Crippen LogP contribution is 2.28. The van der Waals surface area contributed by atoms with E-state index in [1.807, 2.05) is 6.92 Å². The number of carbonyl (C=O) groups is 1. The monoisotopic (exact) mass is 274 g/mol. The van der Waals surface area contributed by atoms with Gasteiger partial charge in [0.15, 0.2) is 0 Å². The summed E-state index contributed by atoms with van der Waals surface area (Å²) in [4.78, 5) is 12.2. The van der Waals surface area contributed by atoms with Crippen LogP contribution in [0.4, 0.5) is 8.78 Å². The third-order valence-corrected chi connectivity index (χ3v) is 3.20. The molecule has 0 fully saturated rings. The van der Waals surface area contributed by atoms with Gasteiger partial charge in [0.1, 0.15) is 0 Å². The highest BCUT2D eigenvalue weighted by atomic mass is 32.2. The lowest BCUT2D eigenvalue weighted by Gasteiger charge is -2.13. The second-order valence-electron chi connectivity index (χ2n) is 3.77. The summed E-state index contributed by atoms with van der Waals surface area (Å²) in [6.45, 7) is 2.36. The number of likely N-dealkylation sites (N-methyl/N-ethyl adjacent to an activating group) is 1. The SMILES string of the molecule is CNC(C)CNC(=O)c1ccccc1SC(F)F. The van der Waals surface area contributed by atoms with E-state index in [0.29, 0.717) is 23.2 Å². The molecule has 0 aliphatic carbocycles. The molecule has 1 unspecified atom stereocenters. The summed E-state index contributed by atoms with van der Waals surface area (Å²) in [5, 5.41) is 5.68. The fourth-order valence-corrected chi connectivity index (χ4v) is 1.93. The summed E-state index contributed by atoms with van der Waals surface area (Å²) in [6, 6.07) is 6.49. The van der Waals surface area contributed by atoms with E-state index in [9.17, 15) is 13.6 Å². The van der Waals surface area contributed by atoms with Crippen LogP contribution in [0.5, 0.6) is 0 Å². The largest absolute Gasteiger partial charge is 0.350 e. The molecule has 0 saturated heterocycles. The van der Waals surface area contributed by atoms with Gasteiger partial charge < -0.3 is 10.6 Å². The summed E-state index contributed by atoms with van der Waals surface area (Å²) in [5.41, 5.74) is 0.283. The Kier molecular flexibility index (Phi) is 6.07. The lowest BCUT2D eigenvalue weighted by molar-refractivity contribution is 0.0947. The van der Waals surface area contributed by atoms with E-state index < -0.39 is 5.76 Å². The molecule has 0 spiro atoms. The zero-order valence-electron chi connectivity index (χ0n) is 10.2. The van der Waals surface area contributed by atoms with E-state index in [1.54, 1.807) is 25.2 Å². The van der Waals surface area contributed by atoms with Gasteiger partial charge in [-0.1, -0.05) is 23.9 Å². The van der Waals surface area contributed by atoms with Gasteiger partial charge in [-0.05, 0) is 26.1 Å². The molecule has 1 atom stereocenters. The van der Waals surface area contributed by atoms with E-state index >= 15 is 0 Å². The Balaban J connectivity index is 2.72. The van der Waals surface area contributed by atoms with Crippen molar-refractivity contribution < 1.29 is 13.6 Å². The van der Waals surface area contributed by atoms with Gasteiger partial charge >= 0.3 is 0 Å². The molecule has 6 heteroatoms. The smallest absolute Gasteiger partial charge is 0.288 e. The maximum Gasteiger partial charge on any atom is 0.288 e. The zero-order chi connectivity index (χ0) is 13.5. The summed E-state index contributed by atoms with van der Waals surface area (Å²) in [6.07, 6.45) is 0. The number of hydrogen-bond acceptors (Lipinski definition) is 3. The number of rotatable bonds is 6. The molecule has 0 heterocycles. The molecule has 1 aromatic rings. The van der Waals surface area contributed by atoms with Gasteiger partial charge in [-0.25, -0.2) is 0 Å². The normalized spacial score (nSPS) is 12.5. The van der Waals surface area contributed by atoms with E-state index in [-0.39, 0.29) is 17.5 Å². The minimum Gasteiger partial charge on any atom is -0.350 e. The van der Waals surface area contributed by atoms with Crippen LogP contribution in [0, 0.1) is 0 Å². The van der Waals surface area contributed by atoms with Crippen LogP contribution in [-0.2, 0) is 0 Å². The van der Waals surface area contributed by atoms with Crippen LogP contribution in [0.2, 0.25) is 0 Å². The maximum absolute atomic E-state index is 12.4. The fraction of sp³-hybridized carbons (Fsp3) is 0.417. The van der Waals surface area contributed by atoms with Crippen molar-refractivity contribution in [3.05, 3.63) is 29.8 Å². The van der Waals surface area contributed by atoms with Crippen LogP contribution in [0.3, 0.4) is 0 Å². The molecular weight excluding hydrogens is 258 g/mol. The molecule has 0 aliphatic rings. The summed E-state index contributed by atoms with van der Waals surface area (Å²) < 4.78 is 24.7. The maximum atomic E-state index is 12.4. The molecule has 0 radical (unpaired) electrons. The first-order chi connectivity index (χ1) is 8.54. The summed E-state index contributed by atoms with van der Waals surface area (Å²) in [7, 11) is 1.79. The van der Waals surface area contributed by atoms with Gasteiger partial charge in [0.05, 0.1) is 5.56 Å². The van der Waals surface area contributed by atoms with Gasteiger partial charge in [0.2, 0.25) is 0 Å².